The maximum atomic E-state index is 8.91. The van der Waals surface area contributed by atoms with E-state index in [1.165, 1.54) is 6.42 Å². The Morgan fingerprint density at radius 3 is 3.00 bits per heavy atom. The number of nitrogens with zero attached hydrogens (tertiary/aromatic N) is 2. The molecule has 0 aliphatic carbocycles. The van der Waals surface area contributed by atoms with Gasteiger partial charge < -0.3 is 20.6 Å². The van der Waals surface area contributed by atoms with Crippen molar-refractivity contribution in [3.8, 4) is 0 Å². The smallest absolute Gasteiger partial charge is 0.172 e. The topological polar surface area (TPSA) is 71.1 Å². The first-order valence-electron chi connectivity index (χ1n) is 6.99. The van der Waals surface area contributed by atoms with Crippen molar-refractivity contribution >= 4 is 11.5 Å². The number of hydrogen-bond acceptors (Lipinski definition) is 4. The van der Waals surface area contributed by atoms with Crippen molar-refractivity contribution in [2.24, 2.45) is 16.8 Å². The quantitative estimate of drug-likeness (QED) is 0.382. The van der Waals surface area contributed by atoms with Crippen LogP contribution in [-0.4, -0.2) is 37.8 Å². The van der Waals surface area contributed by atoms with Crippen LogP contribution in [0.3, 0.4) is 0 Å². The summed E-state index contributed by atoms with van der Waals surface area (Å²) in [5.41, 5.74) is 8.67. The molecule has 1 saturated heterocycles. The van der Waals surface area contributed by atoms with Gasteiger partial charge in [0.1, 0.15) is 0 Å². The molecule has 0 aromatic heterocycles. The Labute approximate surface area is 120 Å². The highest BCUT2D eigenvalue weighted by atomic mass is 16.5. The molecule has 1 unspecified atom stereocenters. The van der Waals surface area contributed by atoms with Gasteiger partial charge in [-0.2, -0.15) is 0 Å². The predicted octanol–water partition coefficient (Wildman–Crippen LogP) is 1.95. The Morgan fingerprint density at radius 1 is 1.55 bits per heavy atom. The van der Waals surface area contributed by atoms with Gasteiger partial charge in [0.2, 0.25) is 0 Å². The summed E-state index contributed by atoms with van der Waals surface area (Å²) < 4.78 is 5.53. The van der Waals surface area contributed by atoms with Crippen LogP contribution in [0.1, 0.15) is 24.0 Å². The number of aryl methyl sites for hydroxylation is 1. The average Bonchev–Trinajstić information content (AvgIpc) is 2.47. The highest BCUT2D eigenvalue weighted by Crippen LogP contribution is 2.24. The van der Waals surface area contributed by atoms with Gasteiger partial charge in [-0.1, -0.05) is 11.2 Å². The van der Waals surface area contributed by atoms with Crippen molar-refractivity contribution in [1.82, 2.24) is 0 Å². The van der Waals surface area contributed by atoms with E-state index >= 15 is 0 Å². The van der Waals surface area contributed by atoms with Crippen molar-refractivity contribution in [1.29, 1.82) is 0 Å². The summed E-state index contributed by atoms with van der Waals surface area (Å²) in [7, 11) is 2.04. The molecule has 0 bridgehead atoms. The third kappa shape index (κ3) is 3.42. The standard InChI is InChI=1S/C15H23N3O2/c1-11-5-6-13(15(16)17-19)14(8-11)18(2)9-12-4-3-7-20-10-12/h5-6,8,12,19H,3-4,7,9-10H2,1-2H3,(H2,16,17). The molecule has 5 heteroatoms. The number of hydrogen-bond donors (Lipinski definition) is 2. The van der Waals surface area contributed by atoms with Gasteiger partial charge in [0, 0.05) is 31.5 Å². The van der Waals surface area contributed by atoms with Gasteiger partial charge in [0.25, 0.3) is 0 Å². The van der Waals surface area contributed by atoms with Crippen LogP contribution in [0.25, 0.3) is 0 Å². The van der Waals surface area contributed by atoms with Crippen LogP contribution < -0.4 is 10.6 Å². The molecule has 20 heavy (non-hydrogen) atoms. The summed E-state index contributed by atoms with van der Waals surface area (Å²) in [5.74, 6) is 0.682. The van der Waals surface area contributed by atoms with Gasteiger partial charge in [-0.3, -0.25) is 0 Å². The van der Waals surface area contributed by atoms with E-state index in [0.717, 1.165) is 43.0 Å². The molecular formula is C15H23N3O2. The molecule has 1 aliphatic heterocycles. The van der Waals surface area contributed by atoms with Crippen molar-refractivity contribution in [3.05, 3.63) is 29.3 Å². The van der Waals surface area contributed by atoms with Crippen LogP contribution in [0.15, 0.2) is 23.4 Å². The van der Waals surface area contributed by atoms with Crippen LogP contribution in [0.4, 0.5) is 5.69 Å². The second-order valence-electron chi connectivity index (χ2n) is 5.47. The fourth-order valence-corrected chi connectivity index (χ4v) is 2.66. The number of oxime groups is 1. The first-order chi connectivity index (χ1) is 9.61. The number of ether oxygens (including phenoxy) is 1. The van der Waals surface area contributed by atoms with Crippen molar-refractivity contribution in [2.45, 2.75) is 19.8 Å². The molecule has 0 radical (unpaired) electrons. The summed E-state index contributed by atoms with van der Waals surface area (Å²) in [4.78, 5) is 2.17. The molecule has 0 saturated carbocycles. The lowest BCUT2D eigenvalue weighted by Gasteiger charge is -2.29. The zero-order chi connectivity index (χ0) is 14.5. The third-order valence-corrected chi connectivity index (χ3v) is 3.73. The first-order valence-corrected chi connectivity index (χ1v) is 6.99. The second-order valence-corrected chi connectivity index (χ2v) is 5.47. The molecule has 1 aromatic carbocycles. The third-order valence-electron chi connectivity index (χ3n) is 3.73. The predicted molar refractivity (Wildman–Crippen MR) is 80.5 cm³/mol. The van der Waals surface area contributed by atoms with E-state index in [4.69, 9.17) is 15.7 Å². The number of anilines is 1. The molecule has 1 aliphatic rings. The molecule has 5 nitrogen and oxygen atoms in total. The molecule has 1 aromatic rings. The largest absolute Gasteiger partial charge is 0.409 e. The first kappa shape index (κ1) is 14.7. The molecule has 110 valence electrons. The van der Waals surface area contributed by atoms with E-state index in [1.54, 1.807) is 0 Å². The van der Waals surface area contributed by atoms with Crippen LogP contribution in [0.2, 0.25) is 0 Å². The number of rotatable bonds is 4. The molecule has 1 atom stereocenters. The lowest BCUT2D eigenvalue weighted by atomic mass is 10.0. The molecule has 1 fully saturated rings. The minimum atomic E-state index is 0.145. The lowest BCUT2D eigenvalue weighted by molar-refractivity contribution is 0.0576. The van der Waals surface area contributed by atoms with Crippen LogP contribution in [0.5, 0.6) is 0 Å². The Morgan fingerprint density at radius 2 is 2.35 bits per heavy atom. The van der Waals surface area contributed by atoms with E-state index in [2.05, 4.69) is 16.1 Å². The van der Waals surface area contributed by atoms with E-state index in [1.807, 2.05) is 26.1 Å². The maximum Gasteiger partial charge on any atom is 0.172 e. The summed E-state index contributed by atoms with van der Waals surface area (Å²) in [6.45, 7) is 4.64. The Bertz CT molecular complexity index is 482. The fourth-order valence-electron chi connectivity index (χ4n) is 2.66. The average molecular weight is 277 g/mol. The SMILES string of the molecule is Cc1ccc(C(N)=NO)c(N(C)CC2CCCOC2)c1. The Hall–Kier alpha value is -1.75. The molecule has 0 amide bonds. The number of amidine groups is 1. The van der Waals surface area contributed by atoms with Crippen LogP contribution in [-0.2, 0) is 4.74 Å². The normalized spacial score (nSPS) is 19.9. The fraction of sp³-hybridized carbons (Fsp3) is 0.533. The molecule has 3 N–H and O–H groups in total. The highest BCUT2D eigenvalue weighted by molar-refractivity contribution is 6.02. The Balaban J connectivity index is 2.19. The minimum absolute atomic E-state index is 0.145. The van der Waals surface area contributed by atoms with E-state index in [9.17, 15) is 0 Å². The van der Waals surface area contributed by atoms with Crippen molar-refractivity contribution < 1.29 is 9.94 Å². The number of nitrogens with two attached hydrogens (primary N) is 1. The molecule has 2 rings (SSSR count). The zero-order valence-corrected chi connectivity index (χ0v) is 12.2. The molecule has 0 spiro atoms. The zero-order valence-electron chi connectivity index (χ0n) is 12.2. The van der Waals surface area contributed by atoms with Crippen molar-refractivity contribution in [2.75, 3.05) is 31.7 Å². The lowest BCUT2D eigenvalue weighted by Crippen LogP contribution is -2.32. The number of benzene rings is 1. The monoisotopic (exact) mass is 277 g/mol. The van der Waals surface area contributed by atoms with Gasteiger partial charge >= 0.3 is 0 Å². The minimum Gasteiger partial charge on any atom is -0.409 e. The summed E-state index contributed by atoms with van der Waals surface area (Å²) in [6, 6.07) is 5.93. The Kier molecular flexibility index (Phi) is 4.84. The van der Waals surface area contributed by atoms with Crippen LogP contribution >= 0.6 is 0 Å². The maximum absolute atomic E-state index is 8.91. The van der Waals surface area contributed by atoms with E-state index < -0.39 is 0 Å². The van der Waals surface area contributed by atoms with Gasteiger partial charge in [0.05, 0.1) is 6.61 Å². The van der Waals surface area contributed by atoms with Gasteiger partial charge in [-0.15, -0.1) is 0 Å². The van der Waals surface area contributed by atoms with E-state index in [0.29, 0.717) is 5.92 Å². The van der Waals surface area contributed by atoms with Gasteiger partial charge in [-0.25, -0.2) is 0 Å². The summed E-state index contributed by atoms with van der Waals surface area (Å²) in [6.07, 6.45) is 2.31. The summed E-state index contributed by atoms with van der Waals surface area (Å²) >= 11 is 0. The van der Waals surface area contributed by atoms with Crippen LogP contribution in [0, 0.1) is 12.8 Å². The van der Waals surface area contributed by atoms with Gasteiger partial charge in [0.15, 0.2) is 5.84 Å². The second kappa shape index (κ2) is 6.61. The molecular weight excluding hydrogens is 254 g/mol. The van der Waals surface area contributed by atoms with Crippen molar-refractivity contribution in [3.63, 3.8) is 0 Å². The highest BCUT2D eigenvalue weighted by Gasteiger charge is 2.18. The van der Waals surface area contributed by atoms with Gasteiger partial charge in [-0.05, 0) is 43.4 Å². The molecule has 1 heterocycles. The summed E-state index contributed by atoms with van der Waals surface area (Å²) in [5, 5.41) is 12.0. The van der Waals surface area contributed by atoms with E-state index in [-0.39, 0.29) is 5.84 Å².